The maximum atomic E-state index is 4.70. The number of nitrogens with zero attached hydrogens (tertiary/aromatic N) is 2. The molecule has 0 amide bonds. The Hall–Kier alpha value is -1.09. The number of pyridine rings is 1. The van der Waals surface area contributed by atoms with Gasteiger partial charge in [-0.25, -0.2) is 4.98 Å². The van der Waals surface area contributed by atoms with Gasteiger partial charge in [-0.1, -0.05) is 26.3 Å². The molecule has 0 radical (unpaired) electrons. The van der Waals surface area contributed by atoms with Gasteiger partial charge in [0.25, 0.3) is 0 Å². The molecule has 1 aliphatic heterocycles. The highest BCUT2D eigenvalue weighted by Crippen LogP contribution is 2.25. The van der Waals surface area contributed by atoms with Crippen LogP contribution in [0, 0.1) is 0 Å². The number of anilines is 1. The molecule has 3 heteroatoms. The van der Waals surface area contributed by atoms with Crippen molar-refractivity contribution >= 4 is 5.82 Å². The summed E-state index contributed by atoms with van der Waals surface area (Å²) in [5, 5.41) is 3.43. The second kappa shape index (κ2) is 8.25. The maximum Gasteiger partial charge on any atom is 0.128 e. The Bertz CT molecular complexity index is 372. The SMILES string of the molecule is CCCNCc1ccc(N2CCCCC2CCC)nc1. The van der Waals surface area contributed by atoms with E-state index in [1.807, 2.05) is 6.20 Å². The molecule has 2 heterocycles. The number of aromatic nitrogens is 1. The van der Waals surface area contributed by atoms with Gasteiger partial charge in [-0.05, 0) is 50.3 Å². The van der Waals surface area contributed by atoms with Crippen molar-refractivity contribution in [2.75, 3.05) is 18.0 Å². The van der Waals surface area contributed by atoms with E-state index >= 15 is 0 Å². The predicted molar refractivity (Wildman–Crippen MR) is 86.1 cm³/mol. The van der Waals surface area contributed by atoms with Crippen LogP contribution >= 0.6 is 0 Å². The van der Waals surface area contributed by atoms with Crippen LogP contribution in [-0.4, -0.2) is 24.1 Å². The first-order chi connectivity index (χ1) is 9.85. The summed E-state index contributed by atoms with van der Waals surface area (Å²) in [7, 11) is 0. The first-order valence-corrected chi connectivity index (χ1v) is 8.27. The topological polar surface area (TPSA) is 28.2 Å². The third kappa shape index (κ3) is 4.20. The Labute approximate surface area is 123 Å². The lowest BCUT2D eigenvalue weighted by molar-refractivity contribution is 0.432. The van der Waals surface area contributed by atoms with Gasteiger partial charge in [0.2, 0.25) is 0 Å². The van der Waals surface area contributed by atoms with Crippen molar-refractivity contribution in [2.24, 2.45) is 0 Å². The van der Waals surface area contributed by atoms with Gasteiger partial charge in [0.1, 0.15) is 5.82 Å². The summed E-state index contributed by atoms with van der Waals surface area (Å²) in [6.07, 6.45) is 9.78. The van der Waals surface area contributed by atoms with E-state index < -0.39 is 0 Å². The third-order valence-electron chi connectivity index (χ3n) is 4.11. The highest BCUT2D eigenvalue weighted by molar-refractivity contribution is 5.41. The molecule has 3 nitrogen and oxygen atoms in total. The van der Waals surface area contributed by atoms with E-state index in [9.17, 15) is 0 Å². The van der Waals surface area contributed by atoms with E-state index in [1.165, 1.54) is 56.5 Å². The van der Waals surface area contributed by atoms with Crippen LogP contribution in [0.5, 0.6) is 0 Å². The van der Waals surface area contributed by atoms with Crippen LogP contribution in [-0.2, 0) is 6.54 Å². The fourth-order valence-electron chi connectivity index (χ4n) is 3.04. The molecular weight excluding hydrogens is 246 g/mol. The smallest absolute Gasteiger partial charge is 0.128 e. The van der Waals surface area contributed by atoms with Crippen molar-refractivity contribution in [3.05, 3.63) is 23.9 Å². The van der Waals surface area contributed by atoms with Crippen LogP contribution in [0.3, 0.4) is 0 Å². The lowest BCUT2D eigenvalue weighted by Gasteiger charge is -2.36. The molecule has 1 N–H and O–H groups in total. The van der Waals surface area contributed by atoms with Crippen LogP contribution in [0.1, 0.15) is 57.9 Å². The molecule has 20 heavy (non-hydrogen) atoms. The van der Waals surface area contributed by atoms with Gasteiger partial charge in [0, 0.05) is 25.3 Å². The number of hydrogen-bond acceptors (Lipinski definition) is 3. The second-order valence-electron chi connectivity index (χ2n) is 5.83. The highest BCUT2D eigenvalue weighted by atomic mass is 15.2. The zero-order valence-electron chi connectivity index (χ0n) is 13.1. The number of piperidine rings is 1. The Morgan fingerprint density at radius 1 is 1.25 bits per heavy atom. The normalized spacial score (nSPS) is 19.3. The van der Waals surface area contributed by atoms with Crippen LogP contribution in [0.4, 0.5) is 5.82 Å². The van der Waals surface area contributed by atoms with E-state index in [-0.39, 0.29) is 0 Å². The summed E-state index contributed by atoms with van der Waals surface area (Å²) in [4.78, 5) is 7.22. The summed E-state index contributed by atoms with van der Waals surface area (Å²) >= 11 is 0. The molecule has 1 aromatic rings. The molecule has 1 saturated heterocycles. The van der Waals surface area contributed by atoms with Gasteiger partial charge < -0.3 is 10.2 Å². The van der Waals surface area contributed by atoms with Crippen molar-refractivity contribution < 1.29 is 0 Å². The van der Waals surface area contributed by atoms with Gasteiger partial charge in [0.05, 0.1) is 0 Å². The summed E-state index contributed by atoms with van der Waals surface area (Å²) in [6, 6.07) is 5.13. The van der Waals surface area contributed by atoms with Crippen molar-refractivity contribution in [2.45, 2.75) is 65.0 Å². The summed E-state index contributed by atoms with van der Waals surface area (Å²) < 4.78 is 0. The summed E-state index contributed by atoms with van der Waals surface area (Å²) in [6.45, 7) is 7.65. The quantitative estimate of drug-likeness (QED) is 0.768. The molecule has 1 atom stereocenters. The molecule has 1 aliphatic rings. The predicted octanol–water partition coefficient (Wildman–Crippen LogP) is 3.74. The van der Waals surface area contributed by atoms with Crippen molar-refractivity contribution in [1.82, 2.24) is 10.3 Å². The molecule has 112 valence electrons. The lowest BCUT2D eigenvalue weighted by atomic mass is 9.98. The number of rotatable bonds is 7. The average Bonchev–Trinajstić information content (AvgIpc) is 2.49. The Kier molecular flexibility index (Phi) is 6.31. The van der Waals surface area contributed by atoms with Crippen molar-refractivity contribution in [3.63, 3.8) is 0 Å². The van der Waals surface area contributed by atoms with Crippen LogP contribution < -0.4 is 10.2 Å². The van der Waals surface area contributed by atoms with Crippen molar-refractivity contribution in [1.29, 1.82) is 0 Å². The molecule has 0 bridgehead atoms. The summed E-state index contributed by atoms with van der Waals surface area (Å²) in [5.41, 5.74) is 1.28. The Balaban J connectivity index is 1.96. The molecule has 1 fully saturated rings. The van der Waals surface area contributed by atoms with E-state index in [2.05, 4.69) is 36.2 Å². The number of hydrogen-bond donors (Lipinski definition) is 1. The monoisotopic (exact) mass is 275 g/mol. The van der Waals surface area contributed by atoms with Gasteiger partial charge in [-0.15, -0.1) is 0 Å². The van der Waals surface area contributed by atoms with Crippen LogP contribution in [0.15, 0.2) is 18.3 Å². The second-order valence-corrected chi connectivity index (χ2v) is 5.83. The average molecular weight is 275 g/mol. The molecule has 0 saturated carbocycles. The lowest BCUT2D eigenvalue weighted by Crippen LogP contribution is -2.40. The van der Waals surface area contributed by atoms with E-state index in [0.29, 0.717) is 6.04 Å². The third-order valence-corrected chi connectivity index (χ3v) is 4.11. The zero-order chi connectivity index (χ0) is 14.2. The van der Waals surface area contributed by atoms with Gasteiger partial charge >= 0.3 is 0 Å². The zero-order valence-corrected chi connectivity index (χ0v) is 13.1. The molecule has 2 rings (SSSR count). The largest absolute Gasteiger partial charge is 0.354 e. The number of nitrogens with one attached hydrogen (secondary N) is 1. The van der Waals surface area contributed by atoms with Gasteiger partial charge in [0.15, 0.2) is 0 Å². The highest BCUT2D eigenvalue weighted by Gasteiger charge is 2.22. The Morgan fingerprint density at radius 3 is 2.85 bits per heavy atom. The Morgan fingerprint density at radius 2 is 2.15 bits per heavy atom. The molecule has 1 aromatic heterocycles. The fraction of sp³-hybridized carbons (Fsp3) is 0.706. The van der Waals surface area contributed by atoms with E-state index in [1.54, 1.807) is 0 Å². The standard InChI is InChI=1S/C17H29N3/c1-3-7-16-8-5-6-12-20(16)17-10-9-15(14-19-17)13-18-11-4-2/h9-10,14,16,18H,3-8,11-13H2,1-2H3. The van der Waals surface area contributed by atoms with Crippen LogP contribution in [0.25, 0.3) is 0 Å². The first-order valence-electron chi connectivity index (χ1n) is 8.27. The maximum absolute atomic E-state index is 4.70. The minimum absolute atomic E-state index is 0.699. The minimum Gasteiger partial charge on any atom is -0.354 e. The molecule has 0 spiro atoms. The van der Waals surface area contributed by atoms with Crippen LogP contribution in [0.2, 0.25) is 0 Å². The summed E-state index contributed by atoms with van der Waals surface area (Å²) in [5.74, 6) is 1.17. The molecule has 1 unspecified atom stereocenters. The van der Waals surface area contributed by atoms with E-state index in [4.69, 9.17) is 4.98 Å². The first kappa shape index (κ1) is 15.3. The minimum atomic E-state index is 0.699. The molecule has 0 aromatic carbocycles. The van der Waals surface area contributed by atoms with Crippen molar-refractivity contribution in [3.8, 4) is 0 Å². The molecule has 0 aliphatic carbocycles. The molecular formula is C17H29N3. The van der Waals surface area contributed by atoms with Gasteiger partial charge in [-0.3, -0.25) is 0 Å². The van der Waals surface area contributed by atoms with Gasteiger partial charge in [-0.2, -0.15) is 0 Å². The fourth-order valence-corrected chi connectivity index (χ4v) is 3.04. The van der Waals surface area contributed by atoms with E-state index in [0.717, 1.165) is 13.1 Å².